The summed E-state index contributed by atoms with van der Waals surface area (Å²) in [6.45, 7) is 3.64. The third-order valence-electron chi connectivity index (χ3n) is 5.49. The zero-order chi connectivity index (χ0) is 21.5. The fourth-order valence-electron chi connectivity index (χ4n) is 3.67. The first kappa shape index (κ1) is 19.0. The van der Waals surface area contributed by atoms with Crippen LogP contribution in [0.15, 0.2) is 80.4 Å². The molecule has 0 unspecified atom stereocenters. The van der Waals surface area contributed by atoms with Gasteiger partial charge in [-0.1, -0.05) is 36.4 Å². The second-order valence-corrected chi connectivity index (χ2v) is 7.60. The van der Waals surface area contributed by atoms with Gasteiger partial charge in [-0.3, -0.25) is 0 Å². The predicted octanol–water partition coefficient (Wildman–Crippen LogP) is 6.11. The lowest BCUT2D eigenvalue weighted by Crippen LogP contribution is -2.05. The van der Waals surface area contributed by atoms with E-state index in [0.717, 1.165) is 10.9 Å². The first-order valence-corrected chi connectivity index (χ1v) is 9.97. The molecule has 0 aliphatic carbocycles. The lowest BCUT2D eigenvalue weighted by molar-refractivity contribution is 0.306. The van der Waals surface area contributed by atoms with Crippen molar-refractivity contribution in [3.63, 3.8) is 0 Å². The van der Waals surface area contributed by atoms with Crippen LogP contribution in [0.2, 0.25) is 0 Å². The summed E-state index contributed by atoms with van der Waals surface area (Å²) in [6.07, 6.45) is 0. The van der Waals surface area contributed by atoms with Gasteiger partial charge < -0.3 is 18.7 Å². The van der Waals surface area contributed by atoms with Gasteiger partial charge in [0.1, 0.15) is 23.7 Å². The number of hydrogen-bond acceptors (Lipinski definition) is 5. The number of ether oxygens (including phenoxy) is 1. The van der Waals surface area contributed by atoms with Gasteiger partial charge in [-0.2, -0.15) is 0 Å². The molecular formula is C26H20O5. The summed E-state index contributed by atoms with van der Waals surface area (Å²) in [5.41, 5.74) is 1.74. The molecule has 2 heterocycles. The minimum Gasteiger partial charge on any atom is -0.507 e. The monoisotopic (exact) mass is 412 g/mol. The maximum atomic E-state index is 12.0. The van der Waals surface area contributed by atoms with E-state index in [0.29, 0.717) is 29.3 Å². The van der Waals surface area contributed by atoms with Crippen LogP contribution in [-0.2, 0) is 6.61 Å². The van der Waals surface area contributed by atoms with Crippen molar-refractivity contribution in [2.45, 2.75) is 20.5 Å². The molecule has 0 amide bonds. The zero-order valence-electron chi connectivity index (χ0n) is 17.1. The molecule has 154 valence electrons. The van der Waals surface area contributed by atoms with Crippen molar-refractivity contribution in [3.8, 4) is 23.0 Å². The van der Waals surface area contributed by atoms with E-state index in [-0.39, 0.29) is 17.1 Å². The van der Waals surface area contributed by atoms with Crippen LogP contribution in [0.1, 0.15) is 16.7 Å². The SMILES string of the molecule is Cc1c(-c2cc3ccc(OCc4ccc5ccccc5c4)cc3o2)oc(=O)c(C)c1O. The van der Waals surface area contributed by atoms with Gasteiger partial charge in [-0.25, -0.2) is 4.79 Å². The molecule has 0 saturated heterocycles. The molecule has 0 radical (unpaired) electrons. The first-order chi connectivity index (χ1) is 15.0. The normalized spacial score (nSPS) is 11.3. The number of benzene rings is 3. The van der Waals surface area contributed by atoms with Gasteiger partial charge in [-0.05, 0) is 54.4 Å². The van der Waals surface area contributed by atoms with Gasteiger partial charge in [0.25, 0.3) is 0 Å². The quantitative estimate of drug-likeness (QED) is 0.386. The Kier molecular flexibility index (Phi) is 4.51. The van der Waals surface area contributed by atoms with Crippen LogP contribution in [0.25, 0.3) is 33.3 Å². The zero-order valence-corrected chi connectivity index (χ0v) is 17.1. The lowest BCUT2D eigenvalue weighted by Gasteiger charge is -2.07. The van der Waals surface area contributed by atoms with Crippen molar-refractivity contribution >= 4 is 21.7 Å². The second-order valence-electron chi connectivity index (χ2n) is 7.60. The van der Waals surface area contributed by atoms with Crippen LogP contribution in [0.3, 0.4) is 0 Å². The molecule has 31 heavy (non-hydrogen) atoms. The highest BCUT2D eigenvalue weighted by Gasteiger charge is 2.18. The Morgan fingerprint density at radius 3 is 2.45 bits per heavy atom. The summed E-state index contributed by atoms with van der Waals surface area (Å²) in [5, 5.41) is 13.4. The van der Waals surface area contributed by atoms with E-state index in [9.17, 15) is 9.90 Å². The van der Waals surface area contributed by atoms with Gasteiger partial charge in [0.05, 0.1) is 5.56 Å². The number of fused-ring (bicyclic) bond motifs is 2. The van der Waals surface area contributed by atoms with Crippen molar-refractivity contribution in [1.29, 1.82) is 0 Å². The fraction of sp³-hybridized carbons (Fsp3) is 0.115. The average Bonchev–Trinajstić information content (AvgIpc) is 3.21. The molecule has 5 heteroatoms. The van der Waals surface area contributed by atoms with Crippen LogP contribution in [0.4, 0.5) is 0 Å². The van der Waals surface area contributed by atoms with Crippen molar-refractivity contribution in [2.75, 3.05) is 0 Å². The van der Waals surface area contributed by atoms with E-state index in [2.05, 4.69) is 30.3 Å². The first-order valence-electron chi connectivity index (χ1n) is 9.97. The van der Waals surface area contributed by atoms with E-state index in [4.69, 9.17) is 13.6 Å². The van der Waals surface area contributed by atoms with Crippen molar-refractivity contribution in [2.24, 2.45) is 0 Å². The maximum Gasteiger partial charge on any atom is 0.343 e. The summed E-state index contributed by atoms with van der Waals surface area (Å²) < 4.78 is 17.2. The number of furan rings is 1. The van der Waals surface area contributed by atoms with E-state index in [1.54, 1.807) is 19.1 Å². The summed E-state index contributed by atoms with van der Waals surface area (Å²) >= 11 is 0. The molecule has 5 nitrogen and oxygen atoms in total. The Balaban J connectivity index is 1.42. The Morgan fingerprint density at radius 1 is 0.839 bits per heavy atom. The molecule has 2 aromatic heterocycles. The van der Waals surface area contributed by atoms with Crippen LogP contribution in [-0.4, -0.2) is 5.11 Å². The number of aromatic hydroxyl groups is 1. The largest absolute Gasteiger partial charge is 0.507 e. The highest BCUT2D eigenvalue weighted by molar-refractivity contribution is 5.84. The summed E-state index contributed by atoms with van der Waals surface area (Å²) in [5.74, 6) is 1.20. The third-order valence-corrected chi connectivity index (χ3v) is 5.49. The van der Waals surface area contributed by atoms with E-state index in [1.165, 1.54) is 17.7 Å². The smallest absolute Gasteiger partial charge is 0.343 e. The van der Waals surface area contributed by atoms with Gasteiger partial charge in [0.2, 0.25) is 0 Å². The molecular weight excluding hydrogens is 392 g/mol. The van der Waals surface area contributed by atoms with Crippen molar-refractivity contribution in [3.05, 3.63) is 93.8 Å². The Labute approximate surface area is 178 Å². The Hall–Kier alpha value is -3.99. The summed E-state index contributed by atoms with van der Waals surface area (Å²) in [6, 6.07) is 21.8. The van der Waals surface area contributed by atoms with E-state index < -0.39 is 5.63 Å². The number of rotatable bonds is 4. The molecule has 0 spiro atoms. The fourth-order valence-corrected chi connectivity index (χ4v) is 3.67. The molecule has 0 aliphatic rings. The molecule has 0 aliphatic heterocycles. The average molecular weight is 412 g/mol. The third kappa shape index (κ3) is 3.44. The minimum atomic E-state index is -0.585. The molecule has 0 bridgehead atoms. The second kappa shape index (κ2) is 7.36. The van der Waals surface area contributed by atoms with Gasteiger partial charge in [0.15, 0.2) is 11.5 Å². The summed E-state index contributed by atoms with van der Waals surface area (Å²) in [7, 11) is 0. The molecule has 5 aromatic rings. The standard InChI is InChI=1S/C26H20O5/c1-15-24(27)16(2)26(28)31-25(15)23-12-20-9-10-21(13-22(20)30-23)29-14-17-7-8-18-5-3-4-6-19(18)11-17/h3-13,27H,14H2,1-2H3. The Morgan fingerprint density at radius 2 is 1.61 bits per heavy atom. The Bertz CT molecular complexity index is 1490. The molecule has 0 atom stereocenters. The van der Waals surface area contributed by atoms with Crippen LogP contribution in [0, 0.1) is 13.8 Å². The van der Waals surface area contributed by atoms with Crippen LogP contribution >= 0.6 is 0 Å². The lowest BCUT2D eigenvalue weighted by atomic mass is 10.1. The van der Waals surface area contributed by atoms with E-state index in [1.807, 2.05) is 24.3 Å². The van der Waals surface area contributed by atoms with Crippen molar-refractivity contribution < 1.29 is 18.7 Å². The minimum absolute atomic E-state index is 0.0777. The molecule has 1 N–H and O–H groups in total. The maximum absolute atomic E-state index is 12.0. The molecule has 3 aromatic carbocycles. The topological polar surface area (TPSA) is 72.8 Å². The van der Waals surface area contributed by atoms with Gasteiger partial charge >= 0.3 is 5.63 Å². The van der Waals surface area contributed by atoms with E-state index >= 15 is 0 Å². The number of hydrogen-bond donors (Lipinski definition) is 1. The molecule has 0 fully saturated rings. The summed E-state index contributed by atoms with van der Waals surface area (Å²) in [4.78, 5) is 12.0. The van der Waals surface area contributed by atoms with Crippen LogP contribution < -0.4 is 10.4 Å². The molecule has 5 rings (SSSR count). The van der Waals surface area contributed by atoms with Crippen LogP contribution in [0.5, 0.6) is 11.5 Å². The highest BCUT2D eigenvalue weighted by atomic mass is 16.5. The van der Waals surface area contributed by atoms with Gasteiger partial charge in [-0.15, -0.1) is 0 Å². The predicted molar refractivity (Wildman–Crippen MR) is 120 cm³/mol. The van der Waals surface area contributed by atoms with Crippen molar-refractivity contribution in [1.82, 2.24) is 0 Å². The van der Waals surface area contributed by atoms with Gasteiger partial charge in [0, 0.05) is 17.0 Å². The highest BCUT2D eigenvalue weighted by Crippen LogP contribution is 2.34. The molecule has 0 saturated carbocycles.